The van der Waals surface area contributed by atoms with Gasteiger partial charge >= 0.3 is 0 Å². The van der Waals surface area contributed by atoms with E-state index in [-0.39, 0.29) is 29.6 Å². The molecule has 0 saturated carbocycles. The van der Waals surface area contributed by atoms with Gasteiger partial charge in [-0.2, -0.15) is 0 Å². The van der Waals surface area contributed by atoms with E-state index in [1.807, 2.05) is 59.5 Å². The standard InChI is InChI=1S/C22H23N3OS.C21H21FN4O2/c23-19-7-6-17(16-4-2-1-3-5-16)14-18(19)15-20(26)21-8-9-22(27-21)25-12-10-24-11-13-25;22-17-4-1-14(2-5-17)15-3-6-18(23)16(11-15)12-19(27)20-13-25-21(28-20)26-9-7-24-8-10-26/h1-9,14,24H,10-13,15,23H2;1-6,11,13,24H,7-10,12,23H2. The number of nitrogens with one attached hydrogen (secondary N) is 2. The molecular weight excluding hydrogens is 714 g/mol. The van der Waals surface area contributed by atoms with Gasteiger partial charge < -0.3 is 36.3 Å². The molecule has 0 atom stereocenters. The van der Waals surface area contributed by atoms with Gasteiger partial charge in [-0.25, -0.2) is 9.37 Å². The molecule has 0 radical (unpaired) electrons. The third kappa shape index (κ3) is 9.47. The molecule has 10 nitrogen and oxygen atoms in total. The van der Waals surface area contributed by atoms with Crippen LogP contribution >= 0.6 is 11.3 Å². The molecule has 2 saturated heterocycles. The molecule has 4 heterocycles. The van der Waals surface area contributed by atoms with Crippen LogP contribution in [0.2, 0.25) is 0 Å². The predicted molar refractivity (Wildman–Crippen MR) is 220 cm³/mol. The van der Waals surface area contributed by atoms with Gasteiger partial charge in [-0.15, -0.1) is 11.3 Å². The zero-order chi connectivity index (χ0) is 38.1. The van der Waals surface area contributed by atoms with Gasteiger partial charge in [-0.05, 0) is 81.9 Å². The lowest BCUT2D eigenvalue weighted by molar-refractivity contribution is 0.0965. The summed E-state index contributed by atoms with van der Waals surface area (Å²) in [6.45, 7) is 7.26. The van der Waals surface area contributed by atoms with Crippen molar-refractivity contribution in [3.05, 3.63) is 137 Å². The number of nitrogens with two attached hydrogens (primary N) is 2. The van der Waals surface area contributed by atoms with Crippen molar-refractivity contribution in [2.24, 2.45) is 0 Å². The lowest BCUT2D eigenvalue weighted by Gasteiger charge is -2.27. The number of nitrogens with zero attached hydrogens (tertiary/aromatic N) is 3. The van der Waals surface area contributed by atoms with Crippen LogP contribution in [0.3, 0.4) is 0 Å². The number of rotatable bonds is 10. The number of Topliss-reactive ketones (excluding diaryl/α,β-unsaturated/α-hetero) is 2. The summed E-state index contributed by atoms with van der Waals surface area (Å²) in [6.07, 6.45) is 1.91. The number of halogens is 1. The van der Waals surface area contributed by atoms with Gasteiger partial charge in [0.25, 0.3) is 6.01 Å². The fraction of sp³-hybridized carbons (Fsp3) is 0.233. The fourth-order valence-electron chi connectivity index (χ4n) is 6.60. The first-order chi connectivity index (χ1) is 26.8. The molecule has 0 unspecified atom stereocenters. The zero-order valence-electron chi connectivity index (χ0n) is 30.5. The summed E-state index contributed by atoms with van der Waals surface area (Å²) in [6, 6.07) is 32.2. The van der Waals surface area contributed by atoms with Crippen molar-refractivity contribution >= 4 is 45.3 Å². The SMILES string of the molecule is Nc1ccc(-c2ccc(F)cc2)cc1CC(=O)c1cnc(N2CCNCC2)o1.Nc1ccc(-c2ccccc2)cc1CC(=O)c1ccc(N2CCNCC2)s1. The summed E-state index contributed by atoms with van der Waals surface area (Å²) >= 11 is 1.58. The third-order valence-corrected chi connectivity index (χ3v) is 10.9. The molecule has 0 bridgehead atoms. The average Bonchev–Trinajstić information content (AvgIpc) is 3.93. The second-order valence-electron chi connectivity index (χ2n) is 13.5. The molecule has 6 aromatic rings. The topological polar surface area (TPSA) is 143 Å². The number of hydrogen-bond donors (Lipinski definition) is 4. The van der Waals surface area contributed by atoms with Gasteiger partial charge in [-0.1, -0.05) is 54.6 Å². The highest BCUT2D eigenvalue weighted by molar-refractivity contribution is 7.18. The number of hydrogen-bond acceptors (Lipinski definition) is 11. The van der Waals surface area contributed by atoms with Crippen molar-refractivity contribution in [3.63, 3.8) is 0 Å². The Hall–Kier alpha value is -5.82. The molecule has 6 N–H and O–H groups in total. The van der Waals surface area contributed by atoms with Crippen LogP contribution in [0.1, 0.15) is 31.4 Å². The molecule has 0 aliphatic carbocycles. The second-order valence-corrected chi connectivity index (χ2v) is 14.6. The van der Waals surface area contributed by atoms with Crippen LogP contribution in [-0.4, -0.2) is 68.9 Å². The van der Waals surface area contributed by atoms with Crippen molar-refractivity contribution in [2.75, 3.05) is 73.6 Å². The fourth-order valence-corrected chi connectivity index (χ4v) is 7.59. The van der Waals surface area contributed by atoms with Crippen LogP contribution in [0.25, 0.3) is 22.3 Å². The van der Waals surface area contributed by atoms with E-state index in [0.29, 0.717) is 29.4 Å². The van der Waals surface area contributed by atoms with E-state index in [4.69, 9.17) is 15.9 Å². The molecule has 0 amide bonds. The van der Waals surface area contributed by atoms with Crippen LogP contribution in [-0.2, 0) is 12.8 Å². The van der Waals surface area contributed by atoms with E-state index in [9.17, 15) is 14.0 Å². The molecule has 2 fully saturated rings. The van der Waals surface area contributed by atoms with Crippen molar-refractivity contribution in [1.82, 2.24) is 15.6 Å². The van der Waals surface area contributed by atoms with Crippen LogP contribution in [0.5, 0.6) is 0 Å². The molecule has 4 aromatic carbocycles. The molecule has 0 spiro atoms. The molecule has 12 heteroatoms. The highest BCUT2D eigenvalue weighted by Crippen LogP contribution is 2.30. The van der Waals surface area contributed by atoms with Crippen LogP contribution < -0.4 is 31.9 Å². The predicted octanol–water partition coefficient (Wildman–Crippen LogP) is 6.73. The number of anilines is 4. The van der Waals surface area contributed by atoms with Gasteiger partial charge in [0, 0.05) is 76.6 Å². The first-order valence-electron chi connectivity index (χ1n) is 18.4. The Bertz CT molecular complexity index is 2230. The minimum Gasteiger partial charge on any atom is -0.420 e. The minimum atomic E-state index is -0.291. The highest BCUT2D eigenvalue weighted by Gasteiger charge is 2.20. The van der Waals surface area contributed by atoms with Crippen LogP contribution in [0, 0.1) is 5.82 Å². The van der Waals surface area contributed by atoms with Crippen molar-refractivity contribution in [3.8, 4) is 22.3 Å². The van der Waals surface area contributed by atoms with Crippen molar-refractivity contribution in [2.45, 2.75) is 12.8 Å². The quantitative estimate of drug-likeness (QED) is 0.0878. The molecule has 55 heavy (non-hydrogen) atoms. The number of benzene rings is 4. The Balaban J connectivity index is 0.000000169. The lowest BCUT2D eigenvalue weighted by atomic mass is 9.99. The molecule has 2 aliphatic heterocycles. The van der Waals surface area contributed by atoms with Gasteiger partial charge in [0.1, 0.15) is 5.82 Å². The van der Waals surface area contributed by atoms with E-state index in [2.05, 4.69) is 38.7 Å². The van der Waals surface area contributed by atoms with Gasteiger partial charge in [-0.3, -0.25) is 9.59 Å². The van der Waals surface area contributed by atoms with E-state index in [0.717, 1.165) is 85.1 Å². The maximum Gasteiger partial charge on any atom is 0.297 e. The summed E-state index contributed by atoms with van der Waals surface area (Å²) in [5, 5.41) is 7.79. The van der Waals surface area contributed by atoms with E-state index in [1.165, 1.54) is 23.3 Å². The molecule has 2 aromatic heterocycles. The summed E-state index contributed by atoms with van der Waals surface area (Å²) < 4.78 is 18.8. The Morgan fingerprint density at radius 1 is 0.673 bits per heavy atom. The summed E-state index contributed by atoms with van der Waals surface area (Å²) in [5.41, 5.74) is 18.9. The molecular formula is C43H44FN7O3S. The maximum absolute atomic E-state index is 13.2. The first-order valence-corrected chi connectivity index (χ1v) is 19.2. The number of piperazine rings is 2. The summed E-state index contributed by atoms with van der Waals surface area (Å²) in [5.74, 6) is -0.129. The van der Waals surface area contributed by atoms with E-state index in [1.54, 1.807) is 29.5 Å². The normalized spacial score (nSPS) is 14.3. The largest absolute Gasteiger partial charge is 0.420 e. The number of thiophene rings is 1. The van der Waals surface area contributed by atoms with Crippen LogP contribution in [0.4, 0.5) is 26.8 Å². The Labute approximate surface area is 324 Å². The van der Waals surface area contributed by atoms with E-state index >= 15 is 0 Å². The van der Waals surface area contributed by atoms with Gasteiger partial charge in [0.2, 0.25) is 5.78 Å². The third-order valence-electron chi connectivity index (χ3n) is 9.72. The Kier molecular flexibility index (Phi) is 12.0. The number of nitrogen functional groups attached to an aromatic ring is 2. The van der Waals surface area contributed by atoms with Crippen LogP contribution in [0.15, 0.2) is 114 Å². The monoisotopic (exact) mass is 757 g/mol. The van der Waals surface area contributed by atoms with Crippen molar-refractivity contribution < 1.29 is 18.4 Å². The zero-order valence-corrected chi connectivity index (χ0v) is 31.3. The lowest BCUT2D eigenvalue weighted by Crippen LogP contribution is -2.43. The van der Waals surface area contributed by atoms with Crippen molar-refractivity contribution in [1.29, 1.82) is 0 Å². The minimum absolute atomic E-state index is 0.108. The van der Waals surface area contributed by atoms with Gasteiger partial charge in [0.15, 0.2) is 11.5 Å². The smallest absolute Gasteiger partial charge is 0.297 e. The highest BCUT2D eigenvalue weighted by atomic mass is 32.1. The Morgan fingerprint density at radius 3 is 1.84 bits per heavy atom. The maximum atomic E-state index is 13.2. The number of carbonyl (C=O) groups is 2. The number of carbonyl (C=O) groups excluding carboxylic acids is 2. The number of ketones is 2. The number of aromatic nitrogens is 1. The first kappa shape index (κ1) is 37.5. The number of oxazole rings is 1. The summed E-state index contributed by atoms with van der Waals surface area (Å²) in [7, 11) is 0. The van der Waals surface area contributed by atoms with Gasteiger partial charge in [0.05, 0.1) is 16.1 Å². The average molecular weight is 758 g/mol. The second kappa shape index (κ2) is 17.5. The summed E-state index contributed by atoms with van der Waals surface area (Å²) in [4.78, 5) is 34.9. The molecule has 2 aliphatic rings. The Morgan fingerprint density at radius 2 is 1.22 bits per heavy atom. The molecule has 282 valence electrons. The molecule has 8 rings (SSSR count). The van der Waals surface area contributed by atoms with E-state index < -0.39 is 0 Å².